The molecule has 0 fully saturated rings. The smallest absolute Gasteiger partial charge is 0.0504 e. The summed E-state index contributed by atoms with van der Waals surface area (Å²) < 4.78 is 0. The van der Waals surface area contributed by atoms with E-state index in [9.17, 15) is 0 Å². The predicted molar refractivity (Wildman–Crippen MR) is 71.3 cm³/mol. The van der Waals surface area contributed by atoms with Crippen molar-refractivity contribution in [2.45, 2.75) is 19.1 Å². The van der Waals surface area contributed by atoms with Crippen molar-refractivity contribution in [1.82, 2.24) is 0 Å². The topological polar surface area (TPSA) is 0 Å². The molecule has 15 heavy (non-hydrogen) atoms. The van der Waals surface area contributed by atoms with Crippen molar-refractivity contribution in [1.29, 1.82) is 0 Å². The van der Waals surface area contributed by atoms with Crippen LogP contribution in [0.1, 0.15) is 24.7 Å². The van der Waals surface area contributed by atoms with Crippen molar-refractivity contribution in [3.63, 3.8) is 0 Å². The van der Waals surface area contributed by atoms with Gasteiger partial charge < -0.3 is 0 Å². The number of hydrogen-bond acceptors (Lipinski definition) is 1. The Morgan fingerprint density at radius 2 is 1.93 bits per heavy atom. The largest absolute Gasteiger partial charge is 0.153 e. The molecule has 0 bridgehead atoms. The molecule has 1 unspecified atom stereocenters. The second kappa shape index (κ2) is 6.52. The number of allylic oxidation sites excluding steroid dienone is 3. The average molecular weight is 218 g/mol. The first-order valence-corrected chi connectivity index (χ1v) is 6.45. The molecule has 1 aromatic carbocycles. The van der Waals surface area contributed by atoms with E-state index in [-0.39, 0.29) is 0 Å². The molecule has 0 nitrogen and oxygen atoms in total. The van der Waals surface area contributed by atoms with E-state index in [1.165, 1.54) is 11.1 Å². The molecule has 1 aromatic rings. The van der Waals surface area contributed by atoms with E-state index in [1.807, 2.05) is 18.7 Å². The minimum absolute atomic E-state index is 0.474. The third-order valence-corrected chi connectivity index (χ3v) is 3.42. The van der Waals surface area contributed by atoms with Gasteiger partial charge in [-0.15, -0.1) is 0 Å². The van der Waals surface area contributed by atoms with Crippen LogP contribution in [0.2, 0.25) is 0 Å². The van der Waals surface area contributed by atoms with E-state index in [4.69, 9.17) is 0 Å². The Hall–Kier alpha value is -0.950. The molecule has 0 radical (unpaired) electrons. The van der Waals surface area contributed by atoms with E-state index in [1.54, 1.807) is 0 Å². The van der Waals surface area contributed by atoms with E-state index in [0.29, 0.717) is 5.25 Å². The molecule has 1 rings (SSSR count). The van der Waals surface area contributed by atoms with Crippen LogP contribution in [0.3, 0.4) is 0 Å². The summed E-state index contributed by atoms with van der Waals surface area (Å²) in [6.45, 7) is 4.23. The van der Waals surface area contributed by atoms with Gasteiger partial charge >= 0.3 is 0 Å². The van der Waals surface area contributed by atoms with Crippen molar-refractivity contribution in [2.75, 3.05) is 6.26 Å². The predicted octanol–water partition coefficient (Wildman–Crippen LogP) is 4.61. The van der Waals surface area contributed by atoms with Crippen LogP contribution in [0, 0.1) is 0 Å². The molecule has 0 N–H and O–H groups in total. The fourth-order valence-electron chi connectivity index (χ4n) is 1.55. The van der Waals surface area contributed by atoms with Crippen LogP contribution in [0.4, 0.5) is 0 Å². The summed E-state index contributed by atoms with van der Waals surface area (Å²) in [5, 5.41) is 0.474. The Balaban J connectivity index is 2.89. The molecule has 0 aliphatic carbocycles. The molecule has 80 valence electrons. The summed E-state index contributed by atoms with van der Waals surface area (Å²) in [5.74, 6) is 0. The highest BCUT2D eigenvalue weighted by Crippen LogP contribution is 2.33. The minimum atomic E-state index is 0.474. The molecule has 0 aliphatic heterocycles. The fourth-order valence-corrected chi connectivity index (χ4v) is 2.43. The van der Waals surface area contributed by atoms with Crippen LogP contribution in [0.25, 0.3) is 0 Å². The van der Waals surface area contributed by atoms with Crippen LogP contribution in [-0.2, 0) is 0 Å². The van der Waals surface area contributed by atoms with Gasteiger partial charge in [0.05, 0.1) is 5.25 Å². The highest BCUT2D eigenvalue weighted by Gasteiger charge is 2.10. The standard InChI is InChI=1S/C14H18S/c1-4-5-9-12(2)14(15-3)13-10-7-6-8-11-13/h4-11,14H,1-3H3/b5-4-,12-9+. The van der Waals surface area contributed by atoms with Crippen molar-refractivity contribution in [3.8, 4) is 0 Å². The van der Waals surface area contributed by atoms with E-state index < -0.39 is 0 Å². The van der Waals surface area contributed by atoms with Crippen molar-refractivity contribution in [3.05, 3.63) is 59.7 Å². The summed E-state index contributed by atoms with van der Waals surface area (Å²) >= 11 is 1.88. The lowest BCUT2D eigenvalue weighted by molar-refractivity contribution is 1.11. The Kier molecular flexibility index (Phi) is 5.27. The summed E-state index contributed by atoms with van der Waals surface area (Å²) in [7, 11) is 0. The lowest BCUT2D eigenvalue weighted by atomic mass is 10.1. The second-order valence-electron chi connectivity index (χ2n) is 3.46. The van der Waals surface area contributed by atoms with Gasteiger partial charge in [-0.25, -0.2) is 0 Å². The van der Waals surface area contributed by atoms with Crippen LogP contribution in [0.15, 0.2) is 54.1 Å². The Morgan fingerprint density at radius 1 is 1.27 bits per heavy atom. The van der Waals surface area contributed by atoms with Gasteiger partial charge in [-0.1, -0.05) is 54.1 Å². The second-order valence-corrected chi connectivity index (χ2v) is 4.41. The van der Waals surface area contributed by atoms with Crippen LogP contribution < -0.4 is 0 Å². The molecule has 0 aliphatic rings. The average Bonchev–Trinajstić information content (AvgIpc) is 2.29. The van der Waals surface area contributed by atoms with E-state index in [2.05, 4.69) is 61.7 Å². The molecule has 0 saturated carbocycles. The first-order chi connectivity index (χ1) is 7.29. The molecule has 0 amide bonds. The van der Waals surface area contributed by atoms with Crippen molar-refractivity contribution >= 4 is 11.8 Å². The molecular formula is C14H18S. The molecule has 0 spiro atoms. The summed E-state index contributed by atoms with van der Waals surface area (Å²) in [6, 6.07) is 10.6. The monoisotopic (exact) mass is 218 g/mol. The maximum Gasteiger partial charge on any atom is 0.0504 e. The number of hydrogen-bond donors (Lipinski definition) is 0. The third-order valence-electron chi connectivity index (χ3n) is 2.30. The zero-order valence-electron chi connectivity index (χ0n) is 9.60. The van der Waals surface area contributed by atoms with Crippen molar-refractivity contribution < 1.29 is 0 Å². The quantitative estimate of drug-likeness (QED) is 0.665. The van der Waals surface area contributed by atoms with Gasteiger partial charge in [-0.3, -0.25) is 0 Å². The van der Waals surface area contributed by atoms with Crippen molar-refractivity contribution in [2.24, 2.45) is 0 Å². The summed E-state index contributed by atoms with van der Waals surface area (Å²) in [6.07, 6.45) is 8.51. The zero-order valence-corrected chi connectivity index (χ0v) is 10.4. The van der Waals surface area contributed by atoms with Crippen LogP contribution in [0.5, 0.6) is 0 Å². The van der Waals surface area contributed by atoms with Gasteiger partial charge in [0.25, 0.3) is 0 Å². The zero-order chi connectivity index (χ0) is 11.1. The van der Waals surface area contributed by atoms with Crippen LogP contribution in [-0.4, -0.2) is 6.26 Å². The lowest BCUT2D eigenvalue weighted by Gasteiger charge is -2.15. The highest BCUT2D eigenvalue weighted by atomic mass is 32.2. The maximum absolute atomic E-state index is 2.19. The Morgan fingerprint density at radius 3 is 2.47 bits per heavy atom. The maximum atomic E-state index is 2.19. The third kappa shape index (κ3) is 3.60. The molecule has 1 heteroatoms. The van der Waals surface area contributed by atoms with Gasteiger partial charge in [0, 0.05) is 0 Å². The lowest BCUT2D eigenvalue weighted by Crippen LogP contribution is -1.94. The first-order valence-electron chi connectivity index (χ1n) is 5.16. The Bertz CT molecular complexity index is 336. The van der Waals surface area contributed by atoms with Crippen LogP contribution >= 0.6 is 11.8 Å². The fraction of sp³-hybridized carbons (Fsp3) is 0.286. The molecular weight excluding hydrogens is 200 g/mol. The normalized spacial score (nSPS) is 14.5. The molecule has 0 saturated heterocycles. The molecule has 0 aromatic heterocycles. The van der Waals surface area contributed by atoms with Gasteiger partial charge in [-0.05, 0) is 25.7 Å². The Labute approximate surface area is 97.1 Å². The van der Waals surface area contributed by atoms with E-state index in [0.717, 1.165) is 0 Å². The molecule has 0 heterocycles. The summed E-state index contributed by atoms with van der Waals surface area (Å²) in [4.78, 5) is 0. The SMILES string of the molecule is C/C=C\C=C(/C)C(SC)c1ccccc1. The summed E-state index contributed by atoms with van der Waals surface area (Å²) in [5.41, 5.74) is 2.77. The highest BCUT2D eigenvalue weighted by molar-refractivity contribution is 7.99. The van der Waals surface area contributed by atoms with Gasteiger partial charge in [0.2, 0.25) is 0 Å². The van der Waals surface area contributed by atoms with E-state index >= 15 is 0 Å². The minimum Gasteiger partial charge on any atom is -0.153 e. The number of benzene rings is 1. The van der Waals surface area contributed by atoms with Gasteiger partial charge in [0.1, 0.15) is 0 Å². The number of rotatable bonds is 4. The van der Waals surface area contributed by atoms with Gasteiger partial charge in [-0.2, -0.15) is 11.8 Å². The molecule has 1 atom stereocenters. The number of thioether (sulfide) groups is 1. The van der Waals surface area contributed by atoms with Gasteiger partial charge in [0.15, 0.2) is 0 Å². The first kappa shape index (κ1) is 12.1.